The summed E-state index contributed by atoms with van der Waals surface area (Å²) in [6, 6.07) is -0.142. The first kappa shape index (κ1) is 13.9. The minimum Gasteiger partial charge on any atom is -0.481 e. The second-order valence-corrected chi connectivity index (χ2v) is 5.70. The predicted octanol–water partition coefficient (Wildman–Crippen LogP) is 1.99. The quantitative estimate of drug-likeness (QED) is 0.767. The molecule has 0 spiro atoms. The second-order valence-electron chi connectivity index (χ2n) is 5.70. The van der Waals surface area contributed by atoms with Crippen LogP contribution in [-0.4, -0.2) is 41.6 Å². The van der Waals surface area contributed by atoms with Gasteiger partial charge in [-0.2, -0.15) is 0 Å². The van der Waals surface area contributed by atoms with E-state index in [0.717, 1.165) is 19.3 Å². The molecule has 0 saturated heterocycles. The lowest BCUT2D eigenvalue weighted by molar-refractivity contribution is -0.148. The summed E-state index contributed by atoms with van der Waals surface area (Å²) >= 11 is 0. The van der Waals surface area contributed by atoms with E-state index in [0.29, 0.717) is 25.9 Å². The van der Waals surface area contributed by atoms with E-state index >= 15 is 0 Å². The summed E-state index contributed by atoms with van der Waals surface area (Å²) in [4.78, 5) is 25.1. The van der Waals surface area contributed by atoms with Crippen molar-refractivity contribution < 1.29 is 14.7 Å². The fraction of sp³-hybridized carbons (Fsp3) is 0.714. The first-order valence-corrected chi connectivity index (χ1v) is 6.95. The Hall–Kier alpha value is -1.52. The van der Waals surface area contributed by atoms with Gasteiger partial charge in [0.2, 0.25) is 0 Å². The van der Waals surface area contributed by atoms with Crippen molar-refractivity contribution in [3.05, 3.63) is 11.6 Å². The SMILES string of the molecule is CC1=CCN(C(=O)NCC2(C(=O)O)CCCC2)CC1. The van der Waals surface area contributed by atoms with E-state index in [1.165, 1.54) is 5.57 Å². The Bertz CT molecular complexity index is 397. The summed E-state index contributed by atoms with van der Waals surface area (Å²) in [5.41, 5.74) is 0.568. The Morgan fingerprint density at radius 3 is 2.63 bits per heavy atom. The highest BCUT2D eigenvalue weighted by molar-refractivity contribution is 5.78. The third kappa shape index (κ3) is 3.08. The zero-order chi connectivity index (χ0) is 13.9. The van der Waals surface area contributed by atoms with Crippen molar-refractivity contribution in [2.75, 3.05) is 19.6 Å². The summed E-state index contributed by atoms with van der Waals surface area (Å²) in [5, 5.41) is 12.2. The number of carboxylic acid groups (broad SMARTS) is 1. The van der Waals surface area contributed by atoms with Crippen LogP contribution in [0, 0.1) is 5.41 Å². The van der Waals surface area contributed by atoms with Crippen LogP contribution < -0.4 is 5.32 Å². The summed E-state index contributed by atoms with van der Waals surface area (Å²) < 4.78 is 0. The largest absolute Gasteiger partial charge is 0.481 e. The Balaban J connectivity index is 1.87. The number of aliphatic carboxylic acids is 1. The molecule has 1 heterocycles. The molecule has 0 unspecified atom stereocenters. The van der Waals surface area contributed by atoms with E-state index in [9.17, 15) is 14.7 Å². The number of carbonyl (C=O) groups excluding carboxylic acids is 1. The molecule has 1 fully saturated rings. The van der Waals surface area contributed by atoms with Crippen LogP contribution in [0.15, 0.2) is 11.6 Å². The van der Waals surface area contributed by atoms with E-state index in [4.69, 9.17) is 0 Å². The first-order valence-electron chi connectivity index (χ1n) is 6.95. The maximum Gasteiger partial charge on any atom is 0.317 e. The Kier molecular flexibility index (Phi) is 4.12. The molecule has 2 rings (SSSR count). The summed E-state index contributed by atoms with van der Waals surface area (Å²) in [6.07, 6.45) is 6.16. The van der Waals surface area contributed by atoms with E-state index in [1.54, 1.807) is 4.90 Å². The highest BCUT2D eigenvalue weighted by Gasteiger charge is 2.41. The smallest absolute Gasteiger partial charge is 0.317 e. The van der Waals surface area contributed by atoms with E-state index in [2.05, 4.69) is 12.2 Å². The number of rotatable bonds is 3. The lowest BCUT2D eigenvalue weighted by atomic mass is 9.86. The molecule has 2 N–H and O–H groups in total. The first-order chi connectivity index (χ1) is 9.03. The summed E-state index contributed by atoms with van der Waals surface area (Å²) in [6.45, 7) is 3.65. The number of carboxylic acids is 1. The average Bonchev–Trinajstić information content (AvgIpc) is 2.87. The molecule has 5 nitrogen and oxygen atoms in total. The number of hydrogen-bond donors (Lipinski definition) is 2. The number of urea groups is 1. The van der Waals surface area contributed by atoms with Crippen molar-refractivity contribution in [3.63, 3.8) is 0 Å². The van der Waals surface area contributed by atoms with Crippen molar-refractivity contribution in [1.29, 1.82) is 0 Å². The van der Waals surface area contributed by atoms with Crippen LogP contribution in [-0.2, 0) is 4.79 Å². The van der Waals surface area contributed by atoms with Gasteiger partial charge in [-0.05, 0) is 26.2 Å². The molecule has 0 radical (unpaired) electrons. The van der Waals surface area contributed by atoms with Crippen LogP contribution >= 0.6 is 0 Å². The molecule has 0 aromatic carbocycles. The zero-order valence-corrected chi connectivity index (χ0v) is 11.4. The maximum absolute atomic E-state index is 12.0. The van der Waals surface area contributed by atoms with E-state index in [1.807, 2.05) is 6.08 Å². The Morgan fingerprint density at radius 2 is 2.11 bits per heavy atom. The van der Waals surface area contributed by atoms with Crippen LogP contribution in [0.5, 0.6) is 0 Å². The minimum atomic E-state index is -0.778. The van der Waals surface area contributed by atoms with Gasteiger partial charge < -0.3 is 15.3 Å². The molecular weight excluding hydrogens is 244 g/mol. The second kappa shape index (κ2) is 5.63. The van der Waals surface area contributed by atoms with Gasteiger partial charge in [0.1, 0.15) is 0 Å². The molecule has 5 heteroatoms. The van der Waals surface area contributed by atoms with Gasteiger partial charge in [-0.15, -0.1) is 0 Å². The molecule has 2 aliphatic rings. The van der Waals surface area contributed by atoms with Crippen molar-refractivity contribution in [3.8, 4) is 0 Å². The van der Waals surface area contributed by atoms with Gasteiger partial charge in [0.15, 0.2) is 0 Å². The third-order valence-corrected chi connectivity index (χ3v) is 4.32. The predicted molar refractivity (Wildman–Crippen MR) is 71.9 cm³/mol. The van der Waals surface area contributed by atoms with Crippen LogP contribution in [0.2, 0.25) is 0 Å². The van der Waals surface area contributed by atoms with Crippen molar-refractivity contribution in [2.24, 2.45) is 5.41 Å². The fourth-order valence-electron chi connectivity index (χ4n) is 2.83. The van der Waals surface area contributed by atoms with Gasteiger partial charge in [-0.3, -0.25) is 4.79 Å². The lowest BCUT2D eigenvalue weighted by Crippen LogP contribution is -2.47. The highest BCUT2D eigenvalue weighted by Crippen LogP contribution is 2.37. The third-order valence-electron chi connectivity index (χ3n) is 4.32. The number of hydrogen-bond acceptors (Lipinski definition) is 2. The van der Waals surface area contributed by atoms with Crippen molar-refractivity contribution in [2.45, 2.75) is 39.0 Å². The number of nitrogens with one attached hydrogen (secondary N) is 1. The van der Waals surface area contributed by atoms with E-state index in [-0.39, 0.29) is 12.6 Å². The molecule has 2 amide bonds. The van der Waals surface area contributed by atoms with Crippen LogP contribution in [0.4, 0.5) is 4.79 Å². The average molecular weight is 266 g/mol. The molecule has 19 heavy (non-hydrogen) atoms. The van der Waals surface area contributed by atoms with Gasteiger partial charge >= 0.3 is 12.0 Å². The molecule has 0 aromatic rings. The lowest BCUT2D eigenvalue weighted by Gasteiger charge is -2.29. The minimum absolute atomic E-state index is 0.142. The Labute approximate surface area is 113 Å². The van der Waals surface area contributed by atoms with Gasteiger partial charge in [0.05, 0.1) is 5.41 Å². The molecule has 0 aromatic heterocycles. The monoisotopic (exact) mass is 266 g/mol. The van der Waals surface area contributed by atoms with Crippen molar-refractivity contribution in [1.82, 2.24) is 10.2 Å². The van der Waals surface area contributed by atoms with E-state index < -0.39 is 11.4 Å². The maximum atomic E-state index is 12.0. The number of carbonyl (C=O) groups is 2. The normalized spacial score (nSPS) is 21.9. The van der Waals surface area contributed by atoms with Crippen LogP contribution in [0.3, 0.4) is 0 Å². The molecule has 0 bridgehead atoms. The molecule has 0 atom stereocenters. The summed E-state index contributed by atoms with van der Waals surface area (Å²) in [7, 11) is 0. The van der Waals surface area contributed by atoms with Crippen molar-refractivity contribution >= 4 is 12.0 Å². The Morgan fingerprint density at radius 1 is 1.42 bits per heavy atom. The standard InChI is InChI=1S/C14H22N2O3/c1-11-4-8-16(9-5-11)13(19)15-10-14(12(17)18)6-2-3-7-14/h4H,2-3,5-10H2,1H3,(H,15,19)(H,17,18). The fourth-order valence-corrected chi connectivity index (χ4v) is 2.83. The van der Waals surface area contributed by atoms with Gasteiger partial charge in [-0.25, -0.2) is 4.79 Å². The van der Waals surface area contributed by atoms with Gasteiger partial charge in [0.25, 0.3) is 0 Å². The van der Waals surface area contributed by atoms with Crippen LogP contribution in [0.25, 0.3) is 0 Å². The molecule has 1 saturated carbocycles. The molecule has 1 aliphatic carbocycles. The summed E-state index contributed by atoms with van der Waals surface area (Å²) in [5.74, 6) is -0.778. The number of amides is 2. The number of nitrogens with zero attached hydrogens (tertiary/aromatic N) is 1. The van der Waals surface area contributed by atoms with Crippen LogP contribution in [0.1, 0.15) is 39.0 Å². The van der Waals surface area contributed by atoms with Gasteiger partial charge in [-0.1, -0.05) is 24.5 Å². The zero-order valence-electron chi connectivity index (χ0n) is 11.4. The topological polar surface area (TPSA) is 69.6 Å². The van der Waals surface area contributed by atoms with Gasteiger partial charge in [0, 0.05) is 19.6 Å². The molecule has 106 valence electrons. The molecule has 1 aliphatic heterocycles. The highest BCUT2D eigenvalue weighted by atomic mass is 16.4. The molecular formula is C14H22N2O3.